The molecule has 0 amide bonds. The second kappa shape index (κ2) is 3.00. The Bertz CT molecular complexity index is 359. The van der Waals surface area contributed by atoms with E-state index < -0.39 is 23.3 Å². The molecule has 0 bridgehead atoms. The molecule has 0 aliphatic carbocycles. The number of hydrogen-bond acceptors (Lipinski definition) is 2. The highest BCUT2D eigenvalue weighted by Crippen LogP contribution is 2.43. The molecule has 0 aromatic heterocycles. The first-order valence-corrected chi connectivity index (χ1v) is 4.34. The maximum Gasteiger partial charge on any atom is 0.145 e. The summed E-state index contributed by atoms with van der Waals surface area (Å²) in [6.45, 7) is 1.72. The molecule has 1 aliphatic heterocycles. The van der Waals surface area contributed by atoms with Crippen molar-refractivity contribution in [3.63, 3.8) is 0 Å². The molecule has 76 valence electrons. The van der Waals surface area contributed by atoms with Crippen LogP contribution in [0.3, 0.4) is 0 Å². The van der Waals surface area contributed by atoms with Crippen LogP contribution in [0.1, 0.15) is 12.5 Å². The maximum atomic E-state index is 13.3. The minimum absolute atomic E-state index is 0.0903. The van der Waals surface area contributed by atoms with Gasteiger partial charge in [0.1, 0.15) is 17.2 Å². The largest absolute Gasteiger partial charge is 0.390 e. The molecule has 14 heavy (non-hydrogen) atoms. The Morgan fingerprint density at radius 3 is 2.64 bits per heavy atom. The fourth-order valence-corrected chi connectivity index (χ4v) is 1.52. The van der Waals surface area contributed by atoms with Gasteiger partial charge in [0.2, 0.25) is 0 Å². The van der Waals surface area contributed by atoms with E-state index in [1.54, 1.807) is 0 Å². The molecular formula is C10H10F2O2. The van der Waals surface area contributed by atoms with E-state index in [4.69, 9.17) is 4.74 Å². The monoisotopic (exact) mass is 200 g/mol. The van der Waals surface area contributed by atoms with E-state index in [0.29, 0.717) is 0 Å². The topological polar surface area (TPSA) is 32.8 Å². The molecule has 1 unspecified atom stereocenters. The molecule has 1 fully saturated rings. The zero-order valence-corrected chi connectivity index (χ0v) is 7.63. The Kier molecular flexibility index (Phi) is 2.05. The van der Waals surface area contributed by atoms with Crippen LogP contribution in [-0.2, 0) is 10.3 Å². The fourth-order valence-electron chi connectivity index (χ4n) is 1.52. The zero-order valence-electron chi connectivity index (χ0n) is 7.63. The third-order valence-electron chi connectivity index (χ3n) is 2.51. The van der Waals surface area contributed by atoms with Gasteiger partial charge in [-0.15, -0.1) is 0 Å². The summed E-state index contributed by atoms with van der Waals surface area (Å²) < 4.78 is 31.2. The Hall–Kier alpha value is -1.00. The molecule has 0 saturated carbocycles. The first kappa shape index (κ1) is 9.55. The number of hydrogen-bond donors (Lipinski definition) is 1. The van der Waals surface area contributed by atoms with E-state index in [-0.39, 0.29) is 12.2 Å². The van der Waals surface area contributed by atoms with E-state index in [0.717, 1.165) is 18.2 Å². The van der Waals surface area contributed by atoms with Crippen molar-refractivity contribution in [2.45, 2.75) is 18.6 Å². The third kappa shape index (κ3) is 1.31. The van der Waals surface area contributed by atoms with Gasteiger partial charge in [-0.1, -0.05) is 0 Å². The molecule has 1 aromatic rings. The van der Waals surface area contributed by atoms with Crippen molar-refractivity contribution in [3.05, 3.63) is 35.4 Å². The molecule has 2 atom stereocenters. The average Bonchev–Trinajstić information content (AvgIpc) is 2.90. The predicted octanol–water partition coefficient (Wildman–Crippen LogP) is 1.57. The molecule has 4 heteroatoms. The van der Waals surface area contributed by atoms with Crippen molar-refractivity contribution in [1.29, 1.82) is 0 Å². The SMILES string of the molecule is C[C@H](O)C1(c2cc(F)ccc2F)CO1. The van der Waals surface area contributed by atoms with Crippen LogP contribution in [-0.4, -0.2) is 17.8 Å². The molecule has 1 saturated heterocycles. The van der Waals surface area contributed by atoms with Crippen LogP contribution in [0.2, 0.25) is 0 Å². The zero-order chi connectivity index (χ0) is 10.3. The van der Waals surface area contributed by atoms with E-state index in [9.17, 15) is 13.9 Å². The van der Waals surface area contributed by atoms with Crippen LogP contribution < -0.4 is 0 Å². The van der Waals surface area contributed by atoms with Gasteiger partial charge in [0, 0.05) is 5.56 Å². The van der Waals surface area contributed by atoms with Gasteiger partial charge >= 0.3 is 0 Å². The summed E-state index contributed by atoms with van der Waals surface area (Å²) in [6.07, 6.45) is -0.848. The Morgan fingerprint density at radius 2 is 2.14 bits per heavy atom. The van der Waals surface area contributed by atoms with Crippen LogP contribution in [0.4, 0.5) is 8.78 Å². The Balaban J connectivity index is 2.46. The van der Waals surface area contributed by atoms with Crippen molar-refractivity contribution in [1.82, 2.24) is 0 Å². The summed E-state index contributed by atoms with van der Waals surface area (Å²) in [7, 11) is 0. The molecule has 1 aromatic carbocycles. The van der Waals surface area contributed by atoms with Crippen molar-refractivity contribution < 1.29 is 18.6 Å². The summed E-state index contributed by atoms with van der Waals surface area (Å²) in [5, 5.41) is 9.40. The quantitative estimate of drug-likeness (QED) is 0.735. The minimum Gasteiger partial charge on any atom is -0.390 e. The van der Waals surface area contributed by atoms with E-state index >= 15 is 0 Å². The smallest absolute Gasteiger partial charge is 0.145 e. The van der Waals surface area contributed by atoms with Gasteiger partial charge in [0.25, 0.3) is 0 Å². The van der Waals surface area contributed by atoms with Crippen LogP contribution in [0.5, 0.6) is 0 Å². The molecule has 0 radical (unpaired) electrons. The van der Waals surface area contributed by atoms with E-state index in [2.05, 4.69) is 0 Å². The highest BCUT2D eigenvalue weighted by Gasteiger charge is 2.52. The van der Waals surface area contributed by atoms with Crippen molar-refractivity contribution >= 4 is 0 Å². The highest BCUT2D eigenvalue weighted by atomic mass is 19.1. The van der Waals surface area contributed by atoms with Crippen LogP contribution in [0.25, 0.3) is 0 Å². The summed E-state index contributed by atoms with van der Waals surface area (Å²) in [5.41, 5.74) is -0.945. The fraction of sp³-hybridized carbons (Fsp3) is 0.400. The van der Waals surface area contributed by atoms with Crippen molar-refractivity contribution in [2.24, 2.45) is 0 Å². The number of aliphatic hydroxyl groups is 1. The molecule has 1 N–H and O–H groups in total. The lowest BCUT2D eigenvalue weighted by Crippen LogP contribution is -2.25. The van der Waals surface area contributed by atoms with Crippen molar-refractivity contribution in [3.8, 4) is 0 Å². The Labute approximate surface area is 80.1 Å². The van der Waals surface area contributed by atoms with Gasteiger partial charge in [-0.05, 0) is 25.1 Å². The standard InChI is InChI=1S/C10H10F2O2/c1-6(13)10(5-14-10)8-4-7(11)2-3-9(8)12/h2-4,6,13H,5H2,1H3/t6-,10?/m0/s1. The van der Waals surface area contributed by atoms with E-state index in [1.165, 1.54) is 6.92 Å². The van der Waals surface area contributed by atoms with Gasteiger partial charge < -0.3 is 9.84 Å². The van der Waals surface area contributed by atoms with Crippen LogP contribution in [0.15, 0.2) is 18.2 Å². The normalized spacial score (nSPS) is 27.4. The summed E-state index contributed by atoms with van der Waals surface area (Å²) in [5.74, 6) is -1.08. The highest BCUT2D eigenvalue weighted by molar-refractivity contribution is 5.30. The van der Waals surface area contributed by atoms with Crippen LogP contribution >= 0.6 is 0 Å². The molecule has 2 rings (SSSR count). The van der Waals surface area contributed by atoms with Gasteiger partial charge in [-0.25, -0.2) is 8.78 Å². The predicted molar refractivity (Wildman–Crippen MR) is 45.7 cm³/mol. The van der Waals surface area contributed by atoms with Gasteiger partial charge in [0.05, 0.1) is 12.7 Å². The van der Waals surface area contributed by atoms with Crippen LogP contribution in [0, 0.1) is 11.6 Å². The lowest BCUT2D eigenvalue weighted by molar-refractivity contribution is 0.0861. The Morgan fingerprint density at radius 1 is 1.50 bits per heavy atom. The number of epoxide rings is 1. The third-order valence-corrected chi connectivity index (χ3v) is 2.51. The number of halogens is 2. The van der Waals surface area contributed by atoms with E-state index in [1.807, 2.05) is 0 Å². The second-order valence-corrected chi connectivity index (χ2v) is 3.48. The van der Waals surface area contributed by atoms with Gasteiger partial charge in [0.15, 0.2) is 0 Å². The molecule has 1 heterocycles. The summed E-state index contributed by atoms with van der Waals surface area (Å²) >= 11 is 0. The summed E-state index contributed by atoms with van der Waals surface area (Å²) in [6, 6.07) is 3.14. The van der Waals surface area contributed by atoms with Crippen molar-refractivity contribution in [2.75, 3.05) is 6.61 Å². The average molecular weight is 200 g/mol. The summed E-state index contributed by atoms with van der Waals surface area (Å²) in [4.78, 5) is 0. The number of ether oxygens (including phenoxy) is 1. The number of rotatable bonds is 2. The first-order valence-electron chi connectivity index (χ1n) is 4.34. The first-order chi connectivity index (χ1) is 6.56. The molecule has 1 aliphatic rings. The van der Waals surface area contributed by atoms with Gasteiger partial charge in [-0.2, -0.15) is 0 Å². The molecular weight excluding hydrogens is 190 g/mol. The number of benzene rings is 1. The minimum atomic E-state index is -1.04. The lowest BCUT2D eigenvalue weighted by Gasteiger charge is -2.15. The molecule has 2 nitrogen and oxygen atoms in total. The second-order valence-electron chi connectivity index (χ2n) is 3.48. The maximum absolute atomic E-state index is 13.3. The molecule has 0 spiro atoms. The number of aliphatic hydroxyl groups excluding tert-OH is 1. The lowest BCUT2D eigenvalue weighted by atomic mass is 9.94. The van der Waals surface area contributed by atoms with Gasteiger partial charge in [-0.3, -0.25) is 0 Å².